The molecule has 6 nitrogen and oxygen atoms in total. The van der Waals surface area contributed by atoms with Gasteiger partial charge < -0.3 is 15.5 Å². The third-order valence-corrected chi connectivity index (χ3v) is 5.46. The maximum atomic E-state index is 13.5. The number of aromatic nitrogens is 2. The number of rotatable bonds is 5. The Hall–Kier alpha value is -2.64. The molecule has 3 N–H and O–H groups in total. The van der Waals surface area contributed by atoms with Crippen LogP contribution in [0.1, 0.15) is 33.9 Å². The summed E-state index contributed by atoms with van der Waals surface area (Å²) in [5, 5.41) is 7.74. The lowest BCUT2D eigenvalue weighted by molar-refractivity contribution is 0.0908. The lowest BCUT2D eigenvalue weighted by Crippen LogP contribution is -2.41. The van der Waals surface area contributed by atoms with E-state index in [2.05, 4.69) is 10.4 Å². The van der Waals surface area contributed by atoms with Gasteiger partial charge in [-0.2, -0.15) is 5.10 Å². The van der Waals surface area contributed by atoms with Crippen molar-refractivity contribution >= 4 is 17.5 Å². The second-order valence-corrected chi connectivity index (χ2v) is 7.72. The first-order valence-corrected chi connectivity index (χ1v) is 9.94. The first-order chi connectivity index (χ1) is 14.0. The van der Waals surface area contributed by atoms with E-state index in [9.17, 15) is 9.18 Å². The van der Waals surface area contributed by atoms with Crippen molar-refractivity contribution in [3.05, 3.63) is 63.9 Å². The smallest absolute Gasteiger partial charge is 0.287 e. The highest BCUT2D eigenvalue weighted by molar-refractivity contribution is 6.33. The number of halogens is 2. The normalized spacial score (nSPS) is 14.1. The summed E-state index contributed by atoms with van der Waals surface area (Å²) in [6.45, 7) is 2.71. The zero-order valence-corrected chi connectivity index (χ0v) is 16.8. The summed E-state index contributed by atoms with van der Waals surface area (Å²) < 4.78 is 21.2. The molecule has 1 amide bonds. The summed E-state index contributed by atoms with van der Waals surface area (Å²) in [6.07, 6.45) is 3.66. The van der Waals surface area contributed by atoms with Gasteiger partial charge in [0.25, 0.3) is 5.91 Å². The minimum atomic E-state index is -0.338. The Labute approximate surface area is 172 Å². The summed E-state index contributed by atoms with van der Waals surface area (Å²) in [4.78, 5) is 12.8. The Kier molecular flexibility index (Phi) is 5.43. The lowest BCUT2D eigenvalue weighted by Gasteiger charge is -2.16. The zero-order valence-electron chi connectivity index (χ0n) is 16.0. The fourth-order valence-corrected chi connectivity index (χ4v) is 3.93. The van der Waals surface area contributed by atoms with E-state index in [0.717, 1.165) is 35.5 Å². The summed E-state index contributed by atoms with van der Waals surface area (Å²) in [5.41, 5.74) is 8.90. The van der Waals surface area contributed by atoms with E-state index >= 15 is 0 Å². The highest BCUT2D eigenvalue weighted by atomic mass is 35.5. The number of amides is 1. The van der Waals surface area contributed by atoms with Gasteiger partial charge in [-0.25, -0.2) is 4.39 Å². The predicted octanol–water partition coefficient (Wildman–Crippen LogP) is 3.49. The number of furan rings is 1. The average molecular weight is 417 g/mol. The van der Waals surface area contributed by atoms with Crippen molar-refractivity contribution in [3.8, 4) is 11.3 Å². The van der Waals surface area contributed by atoms with E-state index in [4.69, 9.17) is 21.8 Å². The summed E-state index contributed by atoms with van der Waals surface area (Å²) in [7, 11) is 0. The van der Waals surface area contributed by atoms with Gasteiger partial charge in [0.05, 0.1) is 16.9 Å². The van der Waals surface area contributed by atoms with Gasteiger partial charge in [0.15, 0.2) is 5.76 Å². The first kappa shape index (κ1) is 19.7. The van der Waals surface area contributed by atoms with Crippen molar-refractivity contribution in [2.24, 2.45) is 5.73 Å². The number of nitrogens with zero attached hydrogens (tertiary/aromatic N) is 2. The topological polar surface area (TPSA) is 86.1 Å². The molecule has 0 spiro atoms. The van der Waals surface area contributed by atoms with Crippen LogP contribution in [-0.4, -0.2) is 28.3 Å². The molecule has 0 radical (unpaired) electrons. The second kappa shape index (κ2) is 8.00. The molecule has 3 aromatic rings. The molecular formula is C21H22ClFN4O2. The third kappa shape index (κ3) is 3.93. The van der Waals surface area contributed by atoms with Gasteiger partial charge in [0, 0.05) is 31.1 Å². The van der Waals surface area contributed by atoms with Crippen LogP contribution in [0.15, 0.2) is 34.9 Å². The number of nitrogens with one attached hydrogen (secondary N) is 1. The summed E-state index contributed by atoms with van der Waals surface area (Å²) in [5.74, 6) is 0.357. The molecule has 3 heterocycles. The van der Waals surface area contributed by atoms with Gasteiger partial charge in [-0.3, -0.25) is 9.48 Å². The number of nitrogens with two attached hydrogens (primary N) is 1. The van der Waals surface area contributed by atoms with Crippen LogP contribution in [0.25, 0.3) is 11.3 Å². The molecule has 1 aliphatic rings. The van der Waals surface area contributed by atoms with E-state index in [1.165, 1.54) is 6.07 Å². The molecule has 0 saturated carbocycles. The predicted molar refractivity (Wildman–Crippen MR) is 108 cm³/mol. The molecule has 0 saturated heterocycles. The fourth-order valence-electron chi connectivity index (χ4n) is 3.68. The van der Waals surface area contributed by atoms with Gasteiger partial charge in [-0.1, -0.05) is 23.7 Å². The first-order valence-electron chi connectivity index (χ1n) is 9.56. The number of hydrogen-bond donors (Lipinski definition) is 2. The van der Waals surface area contributed by atoms with Crippen molar-refractivity contribution in [2.75, 3.05) is 6.54 Å². The quantitative estimate of drug-likeness (QED) is 0.666. The van der Waals surface area contributed by atoms with Crippen LogP contribution in [0, 0.1) is 12.7 Å². The highest BCUT2D eigenvalue weighted by Crippen LogP contribution is 2.35. The average Bonchev–Trinajstić information content (AvgIpc) is 3.23. The highest BCUT2D eigenvalue weighted by Gasteiger charge is 2.25. The standard InChI is InChI=1S/C21H22ClFN4O2/c1-12-7-13(4-5-17(12)23)8-14(10-24)26-21(28)19-9-15-18(29-19)3-2-6-27-20(15)16(22)11-25-27/h4-5,7,9,11,14H,2-3,6,8,10,24H2,1H3,(H,26,28). The number of benzene rings is 1. The molecule has 1 aliphatic heterocycles. The minimum absolute atomic E-state index is 0.217. The van der Waals surface area contributed by atoms with Crippen molar-refractivity contribution in [3.63, 3.8) is 0 Å². The third-order valence-electron chi connectivity index (χ3n) is 5.18. The van der Waals surface area contributed by atoms with Gasteiger partial charge in [0.1, 0.15) is 11.6 Å². The minimum Gasteiger partial charge on any atom is -0.455 e. The van der Waals surface area contributed by atoms with Crippen molar-refractivity contribution in [1.82, 2.24) is 15.1 Å². The van der Waals surface area contributed by atoms with Crippen LogP contribution in [-0.2, 0) is 19.4 Å². The van der Waals surface area contributed by atoms with Crippen LogP contribution < -0.4 is 11.1 Å². The Morgan fingerprint density at radius 2 is 2.28 bits per heavy atom. The molecule has 152 valence electrons. The molecule has 1 unspecified atom stereocenters. The molecule has 1 aromatic carbocycles. The number of carbonyl (C=O) groups excluding carboxylic acids is 1. The van der Waals surface area contributed by atoms with Crippen molar-refractivity contribution < 1.29 is 13.6 Å². The number of fused-ring (bicyclic) bond motifs is 3. The van der Waals surface area contributed by atoms with E-state index in [0.29, 0.717) is 23.4 Å². The van der Waals surface area contributed by atoms with Gasteiger partial charge >= 0.3 is 0 Å². The van der Waals surface area contributed by atoms with Crippen LogP contribution >= 0.6 is 11.6 Å². The van der Waals surface area contributed by atoms with Crippen LogP contribution in [0.3, 0.4) is 0 Å². The molecule has 4 rings (SSSR count). The number of hydrogen-bond acceptors (Lipinski definition) is 4. The molecule has 2 aromatic heterocycles. The van der Waals surface area contributed by atoms with Crippen molar-refractivity contribution in [2.45, 2.75) is 38.8 Å². The maximum absolute atomic E-state index is 13.5. The second-order valence-electron chi connectivity index (χ2n) is 7.31. The Bertz CT molecular complexity index is 1060. The Morgan fingerprint density at radius 3 is 3.03 bits per heavy atom. The SMILES string of the molecule is Cc1cc(CC(CN)NC(=O)c2cc3c(o2)CCCn2ncc(Cl)c2-3)ccc1F. The molecule has 0 fully saturated rings. The largest absolute Gasteiger partial charge is 0.455 e. The van der Waals surface area contributed by atoms with Gasteiger partial charge in [-0.15, -0.1) is 0 Å². The van der Waals surface area contributed by atoms with E-state index in [-0.39, 0.29) is 30.1 Å². The fraction of sp³-hybridized carbons (Fsp3) is 0.333. The molecular weight excluding hydrogens is 395 g/mol. The van der Waals surface area contributed by atoms with E-state index in [1.54, 1.807) is 31.3 Å². The maximum Gasteiger partial charge on any atom is 0.287 e. The summed E-state index contributed by atoms with van der Waals surface area (Å²) in [6, 6.07) is 6.31. The van der Waals surface area contributed by atoms with E-state index in [1.807, 2.05) is 4.68 Å². The van der Waals surface area contributed by atoms with Gasteiger partial charge in [0.2, 0.25) is 0 Å². The Balaban J connectivity index is 1.53. The van der Waals surface area contributed by atoms with Crippen LogP contribution in [0.4, 0.5) is 4.39 Å². The monoisotopic (exact) mass is 416 g/mol. The summed E-state index contributed by atoms with van der Waals surface area (Å²) >= 11 is 6.30. The van der Waals surface area contributed by atoms with E-state index < -0.39 is 0 Å². The molecule has 0 bridgehead atoms. The molecule has 29 heavy (non-hydrogen) atoms. The molecule has 0 aliphatic carbocycles. The van der Waals surface area contributed by atoms with Crippen LogP contribution in [0.5, 0.6) is 0 Å². The lowest BCUT2D eigenvalue weighted by atomic mass is 10.0. The zero-order chi connectivity index (χ0) is 20.5. The van der Waals surface area contributed by atoms with Gasteiger partial charge in [-0.05, 0) is 43.0 Å². The van der Waals surface area contributed by atoms with Crippen molar-refractivity contribution in [1.29, 1.82) is 0 Å². The Morgan fingerprint density at radius 1 is 1.45 bits per heavy atom. The molecule has 1 atom stereocenters. The number of carbonyl (C=O) groups is 1. The number of aryl methyl sites for hydroxylation is 3. The van der Waals surface area contributed by atoms with Crippen LogP contribution in [0.2, 0.25) is 5.02 Å². The molecule has 8 heteroatoms.